The number of amides is 2. The van der Waals surface area contributed by atoms with Crippen LogP contribution in [0.4, 0.5) is 4.39 Å². The number of halogens is 1. The topological polar surface area (TPSA) is 49.4 Å². The molecule has 190 valence electrons. The number of aryl methyl sites for hydroxylation is 1. The Balaban J connectivity index is 1.87. The van der Waals surface area contributed by atoms with E-state index >= 15 is 0 Å². The highest BCUT2D eigenvalue weighted by Crippen LogP contribution is 2.19. The maximum absolute atomic E-state index is 13.7. The van der Waals surface area contributed by atoms with E-state index in [0.29, 0.717) is 18.8 Å². The molecule has 2 amide bonds. The van der Waals surface area contributed by atoms with E-state index in [0.717, 1.165) is 16.7 Å². The molecule has 36 heavy (non-hydrogen) atoms. The van der Waals surface area contributed by atoms with Gasteiger partial charge in [0.15, 0.2) is 0 Å². The molecule has 5 heteroatoms. The summed E-state index contributed by atoms with van der Waals surface area (Å²) in [5.74, 6) is -0.178. The molecule has 4 nitrogen and oxygen atoms in total. The van der Waals surface area contributed by atoms with Crippen LogP contribution >= 0.6 is 0 Å². The quantitative estimate of drug-likeness (QED) is 0.357. The molecule has 1 atom stereocenters. The second-order valence-electron chi connectivity index (χ2n) is 9.91. The second-order valence-corrected chi connectivity index (χ2v) is 9.91. The van der Waals surface area contributed by atoms with Crippen LogP contribution in [0.2, 0.25) is 0 Å². The van der Waals surface area contributed by atoms with E-state index in [1.165, 1.54) is 17.7 Å². The number of hydrogen-bond donors (Lipinski definition) is 1. The van der Waals surface area contributed by atoms with E-state index < -0.39 is 6.04 Å². The predicted octanol–water partition coefficient (Wildman–Crippen LogP) is 6.05. The third-order valence-corrected chi connectivity index (χ3v) is 6.24. The van der Waals surface area contributed by atoms with Crippen LogP contribution in [0.5, 0.6) is 0 Å². The van der Waals surface area contributed by atoms with Gasteiger partial charge in [0.2, 0.25) is 11.8 Å². The zero-order valence-electron chi connectivity index (χ0n) is 21.7. The molecule has 0 fully saturated rings. The molecule has 0 bridgehead atoms. The molecule has 3 rings (SSSR count). The zero-order valence-corrected chi connectivity index (χ0v) is 21.7. The van der Waals surface area contributed by atoms with Gasteiger partial charge in [-0.1, -0.05) is 80.6 Å². The predicted molar refractivity (Wildman–Crippen MR) is 143 cm³/mol. The summed E-state index contributed by atoms with van der Waals surface area (Å²) in [6, 6.07) is 23.4. The van der Waals surface area contributed by atoms with Gasteiger partial charge in [-0.3, -0.25) is 9.59 Å². The van der Waals surface area contributed by atoms with Gasteiger partial charge in [0.05, 0.1) is 0 Å². The molecule has 0 spiro atoms. The standard InChI is InChI=1S/C31H37FN2O2/c1-22(2)27-15-10-24(11-16-27)14-19-30(35)34(21-26-12-17-28(32)18-13-26)29(31(36)33-23(3)4)20-25-8-6-5-7-9-25/h5-13,15-18,22-23,29H,14,19-21H2,1-4H3,(H,33,36). The Morgan fingerprint density at radius 3 is 2.00 bits per heavy atom. The van der Waals surface area contributed by atoms with Crippen LogP contribution in [0.1, 0.15) is 62.3 Å². The van der Waals surface area contributed by atoms with Crippen molar-refractivity contribution >= 4 is 11.8 Å². The average molecular weight is 489 g/mol. The average Bonchev–Trinajstić information content (AvgIpc) is 2.86. The maximum atomic E-state index is 13.7. The summed E-state index contributed by atoms with van der Waals surface area (Å²) < 4.78 is 13.5. The number of nitrogens with one attached hydrogen (secondary N) is 1. The Hall–Kier alpha value is -3.47. The minimum absolute atomic E-state index is 0.0574. The van der Waals surface area contributed by atoms with Crippen molar-refractivity contribution in [2.45, 2.75) is 71.5 Å². The summed E-state index contributed by atoms with van der Waals surface area (Å²) in [5, 5.41) is 2.99. The fraction of sp³-hybridized carbons (Fsp3) is 0.355. The molecule has 0 aromatic heterocycles. The number of rotatable bonds is 11. The van der Waals surface area contributed by atoms with Crippen LogP contribution in [-0.4, -0.2) is 28.8 Å². The Morgan fingerprint density at radius 2 is 1.42 bits per heavy atom. The van der Waals surface area contributed by atoms with Crippen LogP contribution < -0.4 is 5.32 Å². The number of carbonyl (C=O) groups is 2. The fourth-order valence-corrected chi connectivity index (χ4v) is 4.19. The summed E-state index contributed by atoms with van der Waals surface area (Å²) in [6.07, 6.45) is 1.26. The van der Waals surface area contributed by atoms with Crippen LogP contribution in [0.25, 0.3) is 0 Å². The van der Waals surface area contributed by atoms with Gasteiger partial charge in [0.25, 0.3) is 0 Å². The number of nitrogens with zero attached hydrogens (tertiary/aromatic N) is 1. The Kier molecular flexibility index (Phi) is 9.80. The number of carbonyl (C=O) groups excluding carboxylic acids is 2. The van der Waals surface area contributed by atoms with E-state index in [-0.39, 0.29) is 36.6 Å². The van der Waals surface area contributed by atoms with Crippen molar-refractivity contribution in [1.29, 1.82) is 0 Å². The lowest BCUT2D eigenvalue weighted by Crippen LogP contribution is -2.51. The first-order chi connectivity index (χ1) is 17.2. The van der Waals surface area contributed by atoms with Crippen LogP contribution in [0.15, 0.2) is 78.9 Å². The van der Waals surface area contributed by atoms with Crippen molar-refractivity contribution in [1.82, 2.24) is 10.2 Å². The van der Waals surface area contributed by atoms with E-state index in [1.807, 2.05) is 44.2 Å². The molecular weight excluding hydrogens is 451 g/mol. The van der Waals surface area contributed by atoms with Gasteiger partial charge in [-0.05, 0) is 60.6 Å². The van der Waals surface area contributed by atoms with Gasteiger partial charge in [-0.15, -0.1) is 0 Å². The van der Waals surface area contributed by atoms with Gasteiger partial charge in [-0.25, -0.2) is 4.39 Å². The molecule has 0 aliphatic carbocycles. The fourth-order valence-electron chi connectivity index (χ4n) is 4.19. The van der Waals surface area contributed by atoms with Gasteiger partial charge in [0, 0.05) is 25.4 Å². The number of benzene rings is 3. The van der Waals surface area contributed by atoms with Crippen LogP contribution in [0, 0.1) is 5.82 Å². The van der Waals surface area contributed by atoms with E-state index in [1.54, 1.807) is 17.0 Å². The summed E-state index contributed by atoms with van der Waals surface area (Å²) in [4.78, 5) is 28.7. The SMILES string of the molecule is CC(C)NC(=O)C(Cc1ccccc1)N(Cc1ccc(F)cc1)C(=O)CCc1ccc(C(C)C)cc1. The van der Waals surface area contributed by atoms with E-state index in [4.69, 9.17) is 0 Å². The summed E-state index contributed by atoms with van der Waals surface area (Å²) in [5.41, 5.74) is 4.10. The van der Waals surface area contributed by atoms with Crippen molar-refractivity contribution in [3.05, 3.63) is 107 Å². The number of hydrogen-bond acceptors (Lipinski definition) is 2. The highest BCUT2D eigenvalue weighted by atomic mass is 19.1. The van der Waals surface area contributed by atoms with Crippen molar-refractivity contribution in [3.8, 4) is 0 Å². The molecule has 0 radical (unpaired) electrons. The molecule has 0 saturated heterocycles. The Labute approximate surface area is 214 Å². The summed E-state index contributed by atoms with van der Waals surface area (Å²) >= 11 is 0. The smallest absolute Gasteiger partial charge is 0.243 e. The first-order valence-electron chi connectivity index (χ1n) is 12.7. The first-order valence-corrected chi connectivity index (χ1v) is 12.7. The second kappa shape index (κ2) is 13.0. The molecule has 1 N–H and O–H groups in total. The highest BCUT2D eigenvalue weighted by Gasteiger charge is 2.30. The van der Waals surface area contributed by atoms with Crippen LogP contribution in [-0.2, 0) is 29.0 Å². The van der Waals surface area contributed by atoms with Gasteiger partial charge in [0.1, 0.15) is 11.9 Å². The molecule has 0 heterocycles. The molecule has 0 aliphatic rings. The minimum Gasteiger partial charge on any atom is -0.352 e. The van der Waals surface area contributed by atoms with Crippen molar-refractivity contribution in [2.24, 2.45) is 0 Å². The van der Waals surface area contributed by atoms with E-state index in [9.17, 15) is 14.0 Å². The molecule has 3 aromatic rings. The molecule has 3 aromatic carbocycles. The molecule has 0 aliphatic heterocycles. The Bertz CT molecular complexity index is 1110. The lowest BCUT2D eigenvalue weighted by Gasteiger charge is -2.32. The van der Waals surface area contributed by atoms with Gasteiger partial charge >= 0.3 is 0 Å². The molecule has 1 unspecified atom stereocenters. The van der Waals surface area contributed by atoms with Gasteiger partial charge < -0.3 is 10.2 Å². The van der Waals surface area contributed by atoms with E-state index in [2.05, 4.69) is 43.4 Å². The monoisotopic (exact) mass is 488 g/mol. The third kappa shape index (κ3) is 8.04. The lowest BCUT2D eigenvalue weighted by molar-refractivity contribution is -0.141. The van der Waals surface area contributed by atoms with Crippen molar-refractivity contribution < 1.29 is 14.0 Å². The highest BCUT2D eigenvalue weighted by molar-refractivity contribution is 5.88. The molecular formula is C31H37FN2O2. The minimum atomic E-state index is -0.685. The van der Waals surface area contributed by atoms with Gasteiger partial charge in [-0.2, -0.15) is 0 Å². The zero-order chi connectivity index (χ0) is 26.1. The summed E-state index contributed by atoms with van der Waals surface area (Å²) in [6.45, 7) is 8.35. The van der Waals surface area contributed by atoms with Crippen LogP contribution in [0.3, 0.4) is 0 Å². The maximum Gasteiger partial charge on any atom is 0.243 e. The normalized spacial score (nSPS) is 12.0. The van der Waals surface area contributed by atoms with Crippen molar-refractivity contribution in [3.63, 3.8) is 0 Å². The third-order valence-electron chi connectivity index (χ3n) is 6.24. The van der Waals surface area contributed by atoms with Crippen molar-refractivity contribution in [2.75, 3.05) is 0 Å². The first kappa shape index (κ1) is 27.1. The largest absolute Gasteiger partial charge is 0.352 e. The lowest BCUT2D eigenvalue weighted by atomic mass is 9.99. The molecule has 0 saturated carbocycles. The summed E-state index contributed by atoms with van der Waals surface area (Å²) in [7, 11) is 0. The Morgan fingerprint density at radius 1 is 0.806 bits per heavy atom.